The predicted molar refractivity (Wildman–Crippen MR) is 77.3 cm³/mol. The summed E-state index contributed by atoms with van der Waals surface area (Å²) in [5.41, 5.74) is 0. The van der Waals surface area contributed by atoms with Crippen molar-refractivity contribution in [2.45, 2.75) is 43.9 Å². The summed E-state index contributed by atoms with van der Waals surface area (Å²) in [4.78, 5) is 22.8. The molecule has 0 saturated carbocycles. The Hall–Kier alpha value is -0.360. The van der Waals surface area contributed by atoms with Gasteiger partial charge < -0.3 is 10.4 Å². The minimum Gasteiger partial charge on any atom is -0.480 e. The zero-order chi connectivity index (χ0) is 13.4. The minimum atomic E-state index is -0.928. The first kappa shape index (κ1) is 15.7. The maximum absolute atomic E-state index is 11.8. The van der Waals surface area contributed by atoms with Gasteiger partial charge in [0.05, 0.1) is 0 Å². The third-order valence-corrected chi connectivity index (χ3v) is 5.62. The lowest BCUT2D eigenvalue weighted by Crippen LogP contribution is -2.42. The van der Waals surface area contributed by atoms with E-state index in [4.69, 9.17) is 5.11 Å². The monoisotopic (exact) mass is 291 g/mol. The molecule has 0 aromatic carbocycles. The van der Waals surface area contributed by atoms with Crippen LogP contribution >= 0.6 is 23.5 Å². The van der Waals surface area contributed by atoms with E-state index >= 15 is 0 Å². The molecular weight excluding hydrogens is 270 g/mol. The van der Waals surface area contributed by atoms with Crippen LogP contribution in [0.3, 0.4) is 0 Å². The number of carboxylic acids is 1. The lowest BCUT2D eigenvalue weighted by molar-refractivity contribution is -0.142. The Balaban J connectivity index is 2.32. The Labute approximate surface area is 117 Å². The van der Waals surface area contributed by atoms with Crippen LogP contribution in [0.25, 0.3) is 0 Å². The number of carbonyl (C=O) groups is 2. The fraction of sp³-hybridized carbons (Fsp3) is 0.833. The molecule has 104 valence electrons. The van der Waals surface area contributed by atoms with Crippen molar-refractivity contribution in [3.8, 4) is 0 Å². The van der Waals surface area contributed by atoms with E-state index in [1.54, 1.807) is 0 Å². The molecule has 0 aromatic rings. The summed E-state index contributed by atoms with van der Waals surface area (Å²) in [6.45, 7) is 2.01. The van der Waals surface area contributed by atoms with Crippen molar-refractivity contribution in [3.05, 3.63) is 0 Å². The van der Waals surface area contributed by atoms with Crippen molar-refractivity contribution in [3.63, 3.8) is 0 Å². The number of unbranched alkanes of at least 4 members (excludes halogenated alkanes) is 1. The first-order chi connectivity index (χ1) is 8.63. The number of aliphatic carboxylic acids is 1. The summed E-state index contributed by atoms with van der Waals surface area (Å²) in [5.74, 6) is 2.17. The summed E-state index contributed by atoms with van der Waals surface area (Å²) in [5, 5.41) is 12.0. The number of carboxylic acid groups (broad SMARTS) is 1. The molecular formula is C12H21NO3S2. The first-order valence-corrected chi connectivity index (χ1v) is 8.55. The quantitative estimate of drug-likeness (QED) is 0.751. The number of hydrogen-bond donors (Lipinski definition) is 2. The number of rotatable bonds is 7. The summed E-state index contributed by atoms with van der Waals surface area (Å²) < 4.78 is 0. The Morgan fingerprint density at radius 2 is 2.22 bits per heavy atom. The molecule has 1 aliphatic heterocycles. The molecule has 1 saturated heterocycles. The van der Waals surface area contributed by atoms with Crippen LogP contribution in [0, 0.1) is 0 Å². The molecule has 1 fully saturated rings. The SMILES string of the molecule is CCCCC(NC(=O)CC1CSCCS1)C(=O)O. The van der Waals surface area contributed by atoms with Gasteiger partial charge in [-0.2, -0.15) is 23.5 Å². The molecule has 4 nitrogen and oxygen atoms in total. The van der Waals surface area contributed by atoms with Gasteiger partial charge in [0.25, 0.3) is 0 Å². The predicted octanol–water partition coefficient (Wildman–Crippen LogP) is 1.98. The van der Waals surface area contributed by atoms with Gasteiger partial charge in [0.1, 0.15) is 6.04 Å². The topological polar surface area (TPSA) is 66.4 Å². The zero-order valence-electron chi connectivity index (χ0n) is 10.7. The van der Waals surface area contributed by atoms with E-state index in [9.17, 15) is 9.59 Å². The third-order valence-electron chi connectivity index (χ3n) is 2.78. The third kappa shape index (κ3) is 6.00. The average Bonchev–Trinajstić information content (AvgIpc) is 2.35. The summed E-state index contributed by atoms with van der Waals surface area (Å²) in [7, 11) is 0. The van der Waals surface area contributed by atoms with Gasteiger partial charge in [-0.3, -0.25) is 4.79 Å². The van der Waals surface area contributed by atoms with Crippen LogP contribution in [0.4, 0.5) is 0 Å². The molecule has 1 aliphatic rings. The highest BCUT2D eigenvalue weighted by atomic mass is 32.2. The van der Waals surface area contributed by atoms with Crippen LogP contribution in [-0.2, 0) is 9.59 Å². The van der Waals surface area contributed by atoms with Crippen LogP contribution in [0.1, 0.15) is 32.6 Å². The van der Waals surface area contributed by atoms with E-state index in [2.05, 4.69) is 5.32 Å². The Kier molecular flexibility index (Phi) is 7.58. The van der Waals surface area contributed by atoms with Crippen molar-refractivity contribution in [2.24, 2.45) is 0 Å². The van der Waals surface area contributed by atoms with Gasteiger partial charge in [-0.25, -0.2) is 4.79 Å². The van der Waals surface area contributed by atoms with Gasteiger partial charge in [-0.1, -0.05) is 19.8 Å². The molecule has 0 aromatic heterocycles. The lowest BCUT2D eigenvalue weighted by Gasteiger charge is -2.21. The first-order valence-electron chi connectivity index (χ1n) is 6.35. The summed E-state index contributed by atoms with van der Waals surface area (Å²) in [6.07, 6.45) is 2.72. The van der Waals surface area contributed by atoms with Crippen LogP contribution in [0.5, 0.6) is 0 Å². The normalized spacial score (nSPS) is 21.3. The second kappa shape index (κ2) is 8.69. The highest BCUT2D eigenvalue weighted by molar-refractivity contribution is 8.06. The second-order valence-electron chi connectivity index (χ2n) is 4.37. The van der Waals surface area contributed by atoms with E-state index in [0.717, 1.165) is 30.1 Å². The van der Waals surface area contributed by atoms with Gasteiger partial charge in [-0.05, 0) is 6.42 Å². The van der Waals surface area contributed by atoms with Crippen molar-refractivity contribution < 1.29 is 14.7 Å². The van der Waals surface area contributed by atoms with E-state index in [0.29, 0.717) is 18.1 Å². The molecule has 18 heavy (non-hydrogen) atoms. The van der Waals surface area contributed by atoms with Crippen molar-refractivity contribution in [1.29, 1.82) is 0 Å². The number of carbonyl (C=O) groups excluding carboxylic acids is 1. The highest BCUT2D eigenvalue weighted by Crippen LogP contribution is 2.26. The van der Waals surface area contributed by atoms with Gasteiger partial charge >= 0.3 is 5.97 Å². The molecule has 0 radical (unpaired) electrons. The molecule has 0 spiro atoms. The van der Waals surface area contributed by atoms with E-state index in [1.807, 2.05) is 30.4 Å². The van der Waals surface area contributed by atoms with E-state index in [1.165, 1.54) is 0 Å². The number of nitrogens with one attached hydrogen (secondary N) is 1. The molecule has 0 bridgehead atoms. The molecule has 1 heterocycles. The summed E-state index contributed by atoms with van der Waals surface area (Å²) in [6, 6.07) is -0.723. The number of amides is 1. The van der Waals surface area contributed by atoms with Crippen LogP contribution in [0.2, 0.25) is 0 Å². The number of hydrogen-bond acceptors (Lipinski definition) is 4. The maximum Gasteiger partial charge on any atom is 0.326 e. The number of thioether (sulfide) groups is 2. The van der Waals surface area contributed by atoms with Crippen molar-refractivity contribution in [1.82, 2.24) is 5.32 Å². The van der Waals surface area contributed by atoms with Crippen LogP contribution < -0.4 is 5.32 Å². The van der Waals surface area contributed by atoms with E-state index in [-0.39, 0.29) is 5.91 Å². The molecule has 1 amide bonds. The lowest BCUT2D eigenvalue weighted by atomic mass is 10.1. The highest BCUT2D eigenvalue weighted by Gasteiger charge is 2.22. The van der Waals surface area contributed by atoms with Crippen LogP contribution in [0.15, 0.2) is 0 Å². The standard InChI is InChI=1S/C12H21NO3S2/c1-2-3-4-10(12(15)16)13-11(14)7-9-8-17-5-6-18-9/h9-10H,2-8H2,1H3,(H,13,14)(H,15,16). The molecule has 0 aliphatic carbocycles. The molecule has 2 atom stereocenters. The zero-order valence-corrected chi connectivity index (χ0v) is 12.3. The molecule has 1 rings (SSSR count). The largest absolute Gasteiger partial charge is 0.480 e. The second-order valence-corrected chi connectivity index (χ2v) is 6.93. The van der Waals surface area contributed by atoms with Gasteiger partial charge in [0, 0.05) is 28.9 Å². The van der Waals surface area contributed by atoms with Crippen molar-refractivity contribution >= 4 is 35.4 Å². The smallest absolute Gasteiger partial charge is 0.326 e. The Morgan fingerprint density at radius 3 is 2.78 bits per heavy atom. The average molecular weight is 291 g/mol. The summed E-state index contributed by atoms with van der Waals surface area (Å²) >= 11 is 3.68. The fourth-order valence-electron chi connectivity index (χ4n) is 1.78. The maximum atomic E-state index is 11.8. The van der Waals surface area contributed by atoms with Gasteiger partial charge in [-0.15, -0.1) is 0 Å². The Bertz CT molecular complexity index is 280. The molecule has 6 heteroatoms. The molecule has 2 unspecified atom stereocenters. The van der Waals surface area contributed by atoms with Gasteiger partial charge in [0.2, 0.25) is 5.91 Å². The minimum absolute atomic E-state index is 0.126. The fourth-order valence-corrected chi connectivity index (χ4v) is 4.46. The van der Waals surface area contributed by atoms with Gasteiger partial charge in [0.15, 0.2) is 0 Å². The molecule has 2 N–H and O–H groups in total. The van der Waals surface area contributed by atoms with E-state index < -0.39 is 12.0 Å². The Morgan fingerprint density at radius 1 is 1.44 bits per heavy atom. The van der Waals surface area contributed by atoms with Crippen molar-refractivity contribution in [2.75, 3.05) is 17.3 Å². The van der Waals surface area contributed by atoms with Crippen LogP contribution in [-0.4, -0.2) is 45.5 Å².